The number of carbonyl (C=O) groups is 2. The number of amides is 2. The Labute approximate surface area is 138 Å². The predicted molar refractivity (Wildman–Crippen MR) is 87.4 cm³/mol. The van der Waals surface area contributed by atoms with Crippen LogP contribution < -0.4 is 15.6 Å². The monoisotopic (exact) mass is 328 g/mol. The van der Waals surface area contributed by atoms with Crippen molar-refractivity contribution in [3.05, 3.63) is 59.7 Å². The summed E-state index contributed by atoms with van der Waals surface area (Å²) in [4.78, 5) is 23.5. The molecular weight excluding hydrogens is 312 g/mol. The third-order valence-electron chi connectivity index (χ3n) is 3.06. The lowest BCUT2D eigenvalue weighted by molar-refractivity contribution is -0.117. The van der Waals surface area contributed by atoms with Crippen molar-refractivity contribution in [2.45, 2.75) is 0 Å². The van der Waals surface area contributed by atoms with Crippen LogP contribution in [0.4, 0.5) is 0 Å². The lowest BCUT2D eigenvalue weighted by Gasteiger charge is -2.06. The normalized spacial score (nSPS) is 10.4. The summed E-state index contributed by atoms with van der Waals surface area (Å²) in [5, 5.41) is 18.6. The fourth-order valence-electron chi connectivity index (χ4n) is 1.81. The predicted octanol–water partition coefficient (Wildman–Crippen LogP) is 1.58. The van der Waals surface area contributed by atoms with Crippen LogP contribution in [-0.4, -0.2) is 29.1 Å². The molecule has 0 atom stereocenters. The largest absolute Gasteiger partial charge is 0.508 e. The van der Waals surface area contributed by atoms with Gasteiger partial charge in [-0.2, -0.15) is 0 Å². The van der Waals surface area contributed by atoms with Crippen molar-refractivity contribution in [1.82, 2.24) is 10.9 Å². The van der Waals surface area contributed by atoms with Crippen molar-refractivity contribution in [2.75, 3.05) is 7.11 Å². The summed E-state index contributed by atoms with van der Waals surface area (Å²) >= 11 is 0. The second-order valence-corrected chi connectivity index (χ2v) is 4.75. The van der Waals surface area contributed by atoms with E-state index in [1.165, 1.54) is 49.6 Å². The number of nitrogens with one attached hydrogen (secondary N) is 2. The van der Waals surface area contributed by atoms with Gasteiger partial charge in [0.2, 0.25) is 0 Å². The highest BCUT2D eigenvalue weighted by Crippen LogP contribution is 2.26. The molecule has 4 N–H and O–H groups in total. The number of rotatable bonds is 4. The molecule has 2 aromatic carbocycles. The molecule has 124 valence electrons. The zero-order valence-corrected chi connectivity index (χ0v) is 12.8. The number of hydrazine groups is 1. The number of phenols is 2. The van der Waals surface area contributed by atoms with E-state index in [0.717, 1.165) is 0 Å². The minimum absolute atomic E-state index is 0.000243. The first-order valence-corrected chi connectivity index (χ1v) is 6.94. The number of carbonyl (C=O) groups excluding carboxylic acids is 2. The lowest BCUT2D eigenvalue weighted by atomic mass is 10.2. The molecule has 0 aliphatic carbocycles. The van der Waals surface area contributed by atoms with Gasteiger partial charge in [0.1, 0.15) is 5.75 Å². The van der Waals surface area contributed by atoms with E-state index < -0.39 is 11.8 Å². The van der Waals surface area contributed by atoms with E-state index in [-0.39, 0.29) is 17.2 Å². The van der Waals surface area contributed by atoms with E-state index in [4.69, 9.17) is 9.84 Å². The van der Waals surface area contributed by atoms with Crippen LogP contribution in [0, 0.1) is 0 Å². The molecule has 0 saturated carbocycles. The van der Waals surface area contributed by atoms with E-state index in [1.54, 1.807) is 12.1 Å². The van der Waals surface area contributed by atoms with Gasteiger partial charge in [-0.3, -0.25) is 20.4 Å². The number of benzene rings is 2. The van der Waals surface area contributed by atoms with Crippen LogP contribution in [0.25, 0.3) is 6.08 Å². The van der Waals surface area contributed by atoms with Crippen molar-refractivity contribution < 1.29 is 24.5 Å². The van der Waals surface area contributed by atoms with Crippen molar-refractivity contribution in [1.29, 1.82) is 0 Å². The Morgan fingerprint density at radius 2 is 1.75 bits per heavy atom. The van der Waals surface area contributed by atoms with Crippen LogP contribution >= 0.6 is 0 Å². The quantitative estimate of drug-likeness (QED) is 0.503. The molecule has 2 rings (SSSR count). The molecule has 2 amide bonds. The van der Waals surface area contributed by atoms with Crippen LogP contribution in [0.15, 0.2) is 48.5 Å². The maximum Gasteiger partial charge on any atom is 0.269 e. The van der Waals surface area contributed by atoms with Gasteiger partial charge in [-0.1, -0.05) is 6.07 Å². The zero-order valence-electron chi connectivity index (χ0n) is 12.8. The highest BCUT2D eigenvalue weighted by Gasteiger charge is 2.06. The average Bonchev–Trinajstić information content (AvgIpc) is 2.59. The molecule has 7 nitrogen and oxygen atoms in total. The van der Waals surface area contributed by atoms with Gasteiger partial charge in [0, 0.05) is 11.6 Å². The van der Waals surface area contributed by atoms with E-state index in [1.807, 2.05) is 0 Å². The molecule has 0 spiro atoms. The number of aromatic hydroxyl groups is 2. The maximum absolute atomic E-state index is 11.8. The fraction of sp³-hybridized carbons (Fsp3) is 0.0588. The van der Waals surface area contributed by atoms with Crippen LogP contribution in [0.2, 0.25) is 0 Å². The molecule has 0 aliphatic rings. The van der Waals surface area contributed by atoms with E-state index in [2.05, 4.69) is 10.9 Å². The van der Waals surface area contributed by atoms with Crippen molar-refractivity contribution in [3.63, 3.8) is 0 Å². The minimum Gasteiger partial charge on any atom is -0.508 e. The molecule has 0 bridgehead atoms. The first-order chi connectivity index (χ1) is 11.5. The summed E-state index contributed by atoms with van der Waals surface area (Å²) in [7, 11) is 1.42. The van der Waals surface area contributed by atoms with Gasteiger partial charge in [0.05, 0.1) is 7.11 Å². The Morgan fingerprint density at radius 1 is 1.04 bits per heavy atom. The van der Waals surface area contributed by atoms with E-state index >= 15 is 0 Å². The molecule has 0 aromatic heterocycles. The molecule has 0 fully saturated rings. The summed E-state index contributed by atoms with van der Waals surface area (Å²) in [6.45, 7) is 0. The summed E-state index contributed by atoms with van der Waals surface area (Å²) in [5.41, 5.74) is 5.42. The number of hydrogen-bond donors (Lipinski definition) is 4. The van der Waals surface area contributed by atoms with Crippen LogP contribution in [0.3, 0.4) is 0 Å². The molecule has 0 aliphatic heterocycles. The highest BCUT2D eigenvalue weighted by molar-refractivity contribution is 5.98. The van der Waals surface area contributed by atoms with Gasteiger partial charge in [-0.15, -0.1) is 0 Å². The van der Waals surface area contributed by atoms with Crippen molar-refractivity contribution in [3.8, 4) is 17.2 Å². The number of methoxy groups -OCH3 is 1. The SMILES string of the molecule is COc1cc(/C=C/C(=O)NNC(=O)c2ccc(O)cc2)ccc1O. The van der Waals surface area contributed by atoms with Gasteiger partial charge in [0.25, 0.3) is 11.8 Å². The van der Waals surface area contributed by atoms with Gasteiger partial charge in [-0.25, -0.2) is 0 Å². The molecular formula is C17H16N2O5. The molecule has 0 unspecified atom stereocenters. The van der Waals surface area contributed by atoms with Crippen molar-refractivity contribution in [2.24, 2.45) is 0 Å². The number of hydrogen-bond acceptors (Lipinski definition) is 5. The Morgan fingerprint density at radius 3 is 2.42 bits per heavy atom. The Hall–Kier alpha value is -3.48. The fourth-order valence-corrected chi connectivity index (χ4v) is 1.81. The van der Waals surface area contributed by atoms with Crippen LogP contribution in [0.1, 0.15) is 15.9 Å². The summed E-state index contributed by atoms with van der Waals surface area (Å²) in [5.74, 6) is -0.710. The van der Waals surface area contributed by atoms with Gasteiger partial charge in [0.15, 0.2) is 11.5 Å². The smallest absolute Gasteiger partial charge is 0.269 e. The average molecular weight is 328 g/mol. The maximum atomic E-state index is 11.8. The van der Waals surface area contributed by atoms with Crippen LogP contribution in [0.5, 0.6) is 17.2 Å². The molecule has 0 radical (unpaired) electrons. The number of phenolic OH excluding ortho intramolecular Hbond substituents is 2. The van der Waals surface area contributed by atoms with Crippen molar-refractivity contribution >= 4 is 17.9 Å². The second kappa shape index (κ2) is 7.68. The second-order valence-electron chi connectivity index (χ2n) is 4.75. The Balaban J connectivity index is 1.91. The third kappa shape index (κ3) is 4.51. The summed E-state index contributed by atoms with van der Waals surface area (Å²) in [6.07, 6.45) is 2.73. The third-order valence-corrected chi connectivity index (χ3v) is 3.06. The first kappa shape index (κ1) is 16.9. The highest BCUT2D eigenvalue weighted by atomic mass is 16.5. The van der Waals surface area contributed by atoms with Gasteiger partial charge in [-0.05, 0) is 48.0 Å². The molecule has 24 heavy (non-hydrogen) atoms. The minimum atomic E-state index is -0.533. The topological polar surface area (TPSA) is 108 Å². The summed E-state index contributed by atoms with van der Waals surface area (Å²) < 4.78 is 4.97. The zero-order chi connectivity index (χ0) is 17.5. The van der Waals surface area contributed by atoms with Crippen LogP contribution in [-0.2, 0) is 4.79 Å². The first-order valence-electron chi connectivity index (χ1n) is 6.94. The molecule has 2 aromatic rings. The Kier molecular flexibility index (Phi) is 5.40. The van der Waals surface area contributed by atoms with E-state index in [9.17, 15) is 14.7 Å². The molecule has 7 heteroatoms. The summed E-state index contributed by atoms with van der Waals surface area (Å²) in [6, 6.07) is 10.2. The Bertz CT molecular complexity index is 769. The lowest BCUT2D eigenvalue weighted by Crippen LogP contribution is -2.40. The van der Waals surface area contributed by atoms with Gasteiger partial charge >= 0.3 is 0 Å². The number of ether oxygens (including phenoxy) is 1. The molecule has 0 heterocycles. The van der Waals surface area contributed by atoms with Gasteiger partial charge < -0.3 is 14.9 Å². The molecule has 0 saturated heterocycles. The standard InChI is InChI=1S/C17H16N2O5/c1-24-15-10-11(2-8-14(15)21)3-9-16(22)18-19-17(23)12-4-6-13(20)7-5-12/h2-10,20-21H,1H3,(H,18,22)(H,19,23)/b9-3+. The van der Waals surface area contributed by atoms with E-state index in [0.29, 0.717) is 11.1 Å².